The second kappa shape index (κ2) is 10.9. The molecule has 4 atom stereocenters. The number of aliphatic imine (C=N–C) groups is 1. The van der Waals surface area contributed by atoms with Crippen molar-refractivity contribution in [2.24, 2.45) is 10.9 Å². The zero-order chi connectivity index (χ0) is 26.0. The first-order valence-electron chi connectivity index (χ1n) is 12.3. The Hall–Kier alpha value is -3.12. The summed E-state index contributed by atoms with van der Waals surface area (Å²) in [5, 5.41) is 0.514. The van der Waals surface area contributed by atoms with Gasteiger partial charge < -0.3 is 14.2 Å². The highest BCUT2D eigenvalue weighted by atomic mass is 35.5. The molecule has 1 unspecified atom stereocenters. The highest BCUT2D eigenvalue weighted by molar-refractivity contribution is 6.31. The first kappa shape index (κ1) is 26.0. The van der Waals surface area contributed by atoms with Crippen molar-refractivity contribution in [2.45, 2.75) is 58.0 Å². The van der Waals surface area contributed by atoms with E-state index in [9.17, 15) is 9.59 Å². The minimum absolute atomic E-state index is 0.0291. The van der Waals surface area contributed by atoms with E-state index in [1.165, 1.54) is 0 Å². The van der Waals surface area contributed by atoms with E-state index in [1.54, 1.807) is 20.3 Å². The normalized spacial score (nSPS) is 22.4. The number of esters is 1. The number of ketones is 1. The molecule has 4 rings (SSSR count). The number of methoxy groups -OCH3 is 2. The molecule has 0 amide bonds. The van der Waals surface area contributed by atoms with Gasteiger partial charge in [-0.1, -0.05) is 42.8 Å². The summed E-state index contributed by atoms with van der Waals surface area (Å²) in [6, 6.07) is 13.1. The van der Waals surface area contributed by atoms with Gasteiger partial charge in [0.1, 0.15) is 5.92 Å². The number of nitrogens with zero attached hydrogens (tertiary/aromatic N) is 1. The number of ether oxygens (including phenoxy) is 3. The Kier molecular flexibility index (Phi) is 7.84. The molecule has 0 saturated carbocycles. The lowest BCUT2D eigenvalue weighted by Crippen LogP contribution is -2.39. The van der Waals surface area contributed by atoms with E-state index in [0.717, 1.165) is 11.1 Å². The summed E-state index contributed by atoms with van der Waals surface area (Å²) in [6.07, 6.45) is 1.34. The maximum Gasteiger partial charge on any atom is 0.315 e. The Morgan fingerprint density at radius 2 is 1.83 bits per heavy atom. The summed E-state index contributed by atoms with van der Waals surface area (Å²) >= 11 is 6.62. The Balaban J connectivity index is 1.78. The van der Waals surface area contributed by atoms with Crippen LogP contribution in [0, 0.1) is 5.92 Å². The number of carbonyl (C=O) groups excluding carboxylic acids is 2. The first-order valence-corrected chi connectivity index (χ1v) is 12.6. The maximum atomic E-state index is 13.8. The maximum absolute atomic E-state index is 13.8. The molecule has 2 aromatic carbocycles. The number of rotatable bonds is 7. The molecule has 1 heterocycles. The van der Waals surface area contributed by atoms with Gasteiger partial charge in [-0.2, -0.15) is 0 Å². The minimum atomic E-state index is -0.709. The van der Waals surface area contributed by atoms with Gasteiger partial charge in [-0.15, -0.1) is 0 Å². The lowest BCUT2D eigenvalue weighted by molar-refractivity contribution is -0.151. The molecule has 2 aliphatic rings. The topological polar surface area (TPSA) is 74.2 Å². The van der Waals surface area contributed by atoms with Crippen LogP contribution in [0.5, 0.6) is 11.5 Å². The van der Waals surface area contributed by atoms with Crippen LogP contribution in [-0.2, 0) is 14.3 Å². The first-order chi connectivity index (χ1) is 17.3. The van der Waals surface area contributed by atoms with Crippen molar-refractivity contribution in [3.8, 4) is 11.5 Å². The third kappa shape index (κ3) is 4.92. The van der Waals surface area contributed by atoms with Gasteiger partial charge in [0.2, 0.25) is 0 Å². The van der Waals surface area contributed by atoms with E-state index >= 15 is 0 Å². The molecule has 0 aromatic heterocycles. The zero-order valence-electron chi connectivity index (χ0n) is 21.3. The summed E-state index contributed by atoms with van der Waals surface area (Å²) in [5.41, 5.74) is 3.63. The van der Waals surface area contributed by atoms with E-state index in [4.69, 9.17) is 30.8 Å². The van der Waals surface area contributed by atoms with Crippen molar-refractivity contribution in [3.05, 3.63) is 69.9 Å². The molecule has 0 spiro atoms. The molecular formula is C29H32ClNO5. The van der Waals surface area contributed by atoms with Crippen LogP contribution >= 0.6 is 11.6 Å². The monoisotopic (exact) mass is 509 g/mol. The molecule has 7 heteroatoms. The van der Waals surface area contributed by atoms with E-state index in [-0.39, 0.29) is 23.8 Å². The fourth-order valence-electron chi connectivity index (χ4n) is 5.13. The molecule has 0 saturated heterocycles. The van der Waals surface area contributed by atoms with Crippen LogP contribution in [0.4, 0.5) is 0 Å². The van der Waals surface area contributed by atoms with Crippen molar-refractivity contribution in [1.82, 2.24) is 0 Å². The van der Waals surface area contributed by atoms with Crippen LogP contribution in [-0.4, -0.2) is 37.8 Å². The second-order valence-electron chi connectivity index (χ2n) is 9.39. The van der Waals surface area contributed by atoms with Crippen LogP contribution in [0.15, 0.2) is 58.7 Å². The number of hydrogen-bond acceptors (Lipinski definition) is 6. The highest BCUT2D eigenvalue weighted by Gasteiger charge is 2.45. The molecule has 0 bridgehead atoms. The average molecular weight is 510 g/mol. The Bertz CT molecular complexity index is 1230. The third-order valence-electron chi connectivity index (χ3n) is 7.15. The molecular weight excluding hydrogens is 478 g/mol. The van der Waals surface area contributed by atoms with Crippen LogP contribution in [0.25, 0.3) is 0 Å². The molecule has 0 N–H and O–H groups in total. The van der Waals surface area contributed by atoms with E-state index < -0.39 is 11.8 Å². The van der Waals surface area contributed by atoms with Crippen molar-refractivity contribution in [1.29, 1.82) is 0 Å². The summed E-state index contributed by atoms with van der Waals surface area (Å²) < 4.78 is 16.6. The third-order valence-corrected chi connectivity index (χ3v) is 7.50. The van der Waals surface area contributed by atoms with Gasteiger partial charge in [0.15, 0.2) is 17.3 Å². The predicted octanol–water partition coefficient (Wildman–Crippen LogP) is 6.27. The number of halogens is 1. The van der Waals surface area contributed by atoms with Gasteiger partial charge >= 0.3 is 5.97 Å². The predicted molar refractivity (Wildman–Crippen MR) is 140 cm³/mol. The molecule has 1 aliphatic heterocycles. The highest BCUT2D eigenvalue weighted by Crippen LogP contribution is 2.48. The summed E-state index contributed by atoms with van der Waals surface area (Å²) in [6.45, 7) is 5.66. The fourth-order valence-corrected chi connectivity index (χ4v) is 5.38. The van der Waals surface area contributed by atoms with Crippen molar-refractivity contribution < 1.29 is 23.8 Å². The van der Waals surface area contributed by atoms with Crippen molar-refractivity contribution >= 4 is 29.1 Å². The molecule has 0 fully saturated rings. The number of hydrogen-bond donors (Lipinski definition) is 0. The summed E-state index contributed by atoms with van der Waals surface area (Å²) in [4.78, 5) is 31.9. The van der Waals surface area contributed by atoms with Gasteiger partial charge in [-0.05, 0) is 61.9 Å². The quantitative estimate of drug-likeness (QED) is 0.411. The molecule has 2 aromatic rings. The largest absolute Gasteiger partial charge is 0.493 e. The number of Topliss-reactive ketones (excluding diaryl/α,β-unsaturated/α-hetero) is 1. The summed E-state index contributed by atoms with van der Waals surface area (Å²) in [7, 11) is 3.19. The number of carbonyl (C=O) groups is 2. The van der Waals surface area contributed by atoms with Gasteiger partial charge in [-0.25, -0.2) is 0 Å². The van der Waals surface area contributed by atoms with Gasteiger partial charge in [0, 0.05) is 34.3 Å². The number of benzene rings is 2. The standard InChI is InChI=1S/C29H32ClNO5/c1-6-16(2)36-29(33)26-17(3)31-22-13-19(18-11-12-24(34-4)25(15-18)35-5)14-23(32)28(22)27(26)20-9-7-8-10-21(20)30/h7-12,15-16,19,26-27H,6,13-14H2,1-5H3/t16-,19-,26?,27-/m1/s1. The van der Waals surface area contributed by atoms with Crippen LogP contribution in [0.2, 0.25) is 5.02 Å². The Morgan fingerprint density at radius 1 is 1.11 bits per heavy atom. The molecule has 190 valence electrons. The second-order valence-corrected chi connectivity index (χ2v) is 9.80. The molecule has 1 aliphatic carbocycles. The lowest BCUT2D eigenvalue weighted by atomic mass is 9.69. The van der Waals surface area contributed by atoms with Crippen LogP contribution < -0.4 is 9.47 Å². The Labute approximate surface area is 217 Å². The smallest absolute Gasteiger partial charge is 0.315 e. The zero-order valence-corrected chi connectivity index (χ0v) is 22.1. The van der Waals surface area contributed by atoms with Crippen LogP contribution in [0.1, 0.15) is 63.0 Å². The molecule has 6 nitrogen and oxygen atoms in total. The molecule has 0 radical (unpaired) electrons. The van der Waals surface area contributed by atoms with Gasteiger partial charge in [0.25, 0.3) is 0 Å². The van der Waals surface area contributed by atoms with Gasteiger partial charge in [-0.3, -0.25) is 14.6 Å². The van der Waals surface area contributed by atoms with Crippen molar-refractivity contribution in [2.75, 3.05) is 14.2 Å². The van der Waals surface area contributed by atoms with E-state index in [0.29, 0.717) is 52.8 Å². The van der Waals surface area contributed by atoms with Crippen molar-refractivity contribution in [3.63, 3.8) is 0 Å². The fraction of sp³-hybridized carbons (Fsp3) is 0.414. The molecule has 36 heavy (non-hydrogen) atoms. The lowest BCUT2D eigenvalue weighted by Gasteiger charge is -2.37. The SMILES string of the molecule is CC[C@@H](C)OC(=O)C1C(C)=NC2=C(C(=O)C[C@H](c3ccc(OC)c(OC)c3)C2)[C@@H]1c1ccccc1Cl. The van der Waals surface area contributed by atoms with Gasteiger partial charge in [0.05, 0.1) is 20.3 Å². The number of allylic oxidation sites excluding steroid dienone is 2. The Morgan fingerprint density at radius 3 is 2.50 bits per heavy atom. The summed E-state index contributed by atoms with van der Waals surface area (Å²) in [5.74, 6) is -0.469. The minimum Gasteiger partial charge on any atom is -0.493 e. The van der Waals surface area contributed by atoms with E-state index in [1.807, 2.05) is 57.2 Å². The van der Waals surface area contributed by atoms with E-state index in [2.05, 4.69) is 0 Å². The van der Waals surface area contributed by atoms with Crippen LogP contribution in [0.3, 0.4) is 0 Å². The average Bonchev–Trinajstić information content (AvgIpc) is 2.87.